The van der Waals surface area contributed by atoms with Crippen LogP contribution in [0.1, 0.15) is 51.9 Å². The number of piperidine rings is 1. The molecule has 3 aliphatic rings. The van der Waals surface area contributed by atoms with Crippen molar-refractivity contribution in [3.8, 4) is 0 Å². The summed E-state index contributed by atoms with van der Waals surface area (Å²) in [5.41, 5.74) is -0.176. The van der Waals surface area contributed by atoms with Crippen LogP contribution in [-0.4, -0.2) is 43.4 Å². The molecule has 3 rings (SSSR count). The number of nitrogens with one attached hydrogen (secondary N) is 2. The van der Waals surface area contributed by atoms with E-state index in [1.165, 1.54) is 12.8 Å². The summed E-state index contributed by atoms with van der Waals surface area (Å²) >= 11 is 0. The fraction of sp³-hybridized carbons (Fsp3) is 1.00. The maximum absolute atomic E-state index is 12.5. The van der Waals surface area contributed by atoms with E-state index >= 15 is 0 Å². The highest BCUT2D eigenvalue weighted by atomic mass is 32.2. The predicted octanol–water partition coefficient (Wildman–Crippen LogP) is 0.980. The van der Waals surface area contributed by atoms with Gasteiger partial charge >= 0.3 is 0 Å². The van der Waals surface area contributed by atoms with Crippen molar-refractivity contribution in [1.82, 2.24) is 14.3 Å². The minimum absolute atomic E-state index is 0.134. The summed E-state index contributed by atoms with van der Waals surface area (Å²) in [5.74, 6) is 0. The van der Waals surface area contributed by atoms with E-state index in [-0.39, 0.29) is 11.6 Å². The SMILES string of the molecule is CC1(NS(=O)(=O)N2CCCCC2CNC2CC2)CC1. The lowest BCUT2D eigenvalue weighted by atomic mass is 10.1. The van der Waals surface area contributed by atoms with Gasteiger partial charge in [-0.1, -0.05) is 6.42 Å². The molecule has 6 heteroatoms. The Bertz CT molecular complexity index is 429. The smallest absolute Gasteiger partial charge is 0.280 e. The zero-order valence-electron chi connectivity index (χ0n) is 11.7. The second-order valence-corrected chi connectivity index (χ2v) is 8.23. The van der Waals surface area contributed by atoms with Crippen molar-refractivity contribution in [3.63, 3.8) is 0 Å². The van der Waals surface area contributed by atoms with Gasteiger partial charge in [-0.05, 0) is 45.4 Å². The molecule has 1 atom stereocenters. The average Bonchev–Trinajstić information content (AvgIpc) is 3.25. The number of hydrogen-bond donors (Lipinski definition) is 2. The van der Waals surface area contributed by atoms with Crippen molar-refractivity contribution in [2.24, 2.45) is 0 Å². The first-order valence-corrected chi connectivity index (χ1v) is 8.97. The van der Waals surface area contributed by atoms with Crippen LogP contribution in [0.5, 0.6) is 0 Å². The molecule has 19 heavy (non-hydrogen) atoms. The van der Waals surface area contributed by atoms with Crippen LogP contribution in [0, 0.1) is 0 Å². The average molecular weight is 287 g/mol. The van der Waals surface area contributed by atoms with Crippen LogP contribution in [0.3, 0.4) is 0 Å². The summed E-state index contributed by atoms with van der Waals surface area (Å²) < 4.78 is 29.6. The Morgan fingerprint density at radius 1 is 1.21 bits per heavy atom. The molecule has 1 aliphatic heterocycles. The molecule has 2 aliphatic carbocycles. The summed E-state index contributed by atoms with van der Waals surface area (Å²) in [6.07, 6.45) is 7.52. The first-order valence-electron chi connectivity index (χ1n) is 7.53. The van der Waals surface area contributed by atoms with Gasteiger partial charge in [-0.15, -0.1) is 0 Å². The van der Waals surface area contributed by atoms with Crippen molar-refractivity contribution in [2.45, 2.75) is 69.5 Å². The van der Waals surface area contributed by atoms with E-state index in [9.17, 15) is 8.42 Å². The van der Waals surface area contributed by atoms with E-state index in [4.69, 9.17) is 0 Å². The molecule has 1 unspecified atom stereocenters. The maximum atomic E-state index is 12.5. The van der Waals surface area contributed by atoms with Crippen LogP contribution in [0.25, 0.3) is 0 Å². The Morgan fingerprint density at radius 3 is 2.58 bits per heavy atom. The molecule has 5 nitrogen and oxygen atoms in total. The molecular weight excluding hydrogens is 262 g/mol. The minimum Gasteiger partial charge on any atom is -0.312 e. The van der Waals surface area contributed by atoms with Crippen LogP contribution in [-0.2, 0) is 10.2 Å². The molecule has 0 spiro atoms. The summed E-state index contributed by atoms with van der Waals surface area (Å²) in [7, 11) is -3.31. The third-order valence-corrected chi connectivity index (χ3v) is 6.33. The van der Waals surface area contributed by atoms with E-state index in [1.807, 2.05) is 6.92 Å². The van der Waals surface area contributed by atoms with Crippen LogP contribution < -0.4 is 10.0 Å². The summed E-state index contributed by atoms with van der Waals surface area (Å²) in [5, 5.41) is 3.47. The lowest BCUT2D eigenvalue weighted by molar-refractivity contribution is 0.241. The van der Waals surface area contributed by atoms with Crippen LogP contribution in [0.15, 0.2) is 0 Å². The third kappa shape index (κ3) is 3.48. The van der Waals surface area contributed by atoms with Gasteiger partial charge in [-0.25, -0.2) is 0 Å². The third-order valence-electron chi connectivity index (χ3n) is 4.48. The molecule has 2 saturated carbocycles. The van der Waals surface area contributed by atoms with Crippen LogP contribution in [0.4, 0.5) is 0 Å². The maximum Gasteiger partial charge on any atom is 0.280 e. The van der Waals surface area contributed by atoms with Crippen molar-refractivity contribution in [3.05, 3.63) is 0 Å². The molecule has 0 aromatic carbocycles. The quantitative estimate of drug-likeness (QED) is 0.765. The van der Waals surface area contributed by atoms with E-state index in [0.717, 1.165) is 38.6 Å². The molecule has 3 fully saturated rings. The fourth-order valence-electron chi connectivity index (χ4n) is 2.74. The lowest BCUT2D eigenvalue weighted by Gasteiger charge is -2.35. The minimum atomic E-state index is -3.31. The molecule has 1 heterocycles. The van der Waals surface area contributed by atoms with E-state index < -0.39 is 10.2 Å². The highest BCUT2D eigenvalue weighted by molar-refractivity contribution is 7.87. The van der Waals surface area contributed by atoms with Gasteiger partial charge in [-0.3, -0.25) is 0 Å². The van der Waals surface area contributed by atoms with Crippen LogP contribution in [0.2, 0.25) is 0 Å². The van der Waals surface area contributed by atoms with Crippen LogP contribution >= 0.6 is 0 Å². The molecule has 0 aromatic rings. The molecule has 0 radical (unpaired) electrons. The fourth-order valence-corrected chi connectivity index (χ4v) is 4.63. The topological polar surface area (TPSA) is 61.4 Å². The van der Waals surface area contributed by atoms with Crippen molar-refractivity contribution >= 4 is 10.2 Å². The van der Waals surface area contributed by atoms with E-state index in [0.29, 0.717) is 12.6 Å². The van der Waals surface area contributed by atoms with Gasteiger partial charge in [0.05, 0.1) is 0 Å². The van der Waals surface area contributed by atoms with Gasteiger partial charge in [0, 0.05) is 30.7 Å². The van der Waals surface area contributed by atoms with Gasteiger partial charge in [0.1, 0.15) is 0 Å². The standard InChI is InChI=1S/C13H25N3O2S/c1-13(7-8-13)15-19(17,18)16-9-3-2-4-12(16)10-14-11-5-6-11/h11-12,14-15H,2-10H2,1H3. The number of nitrogens with zero attached hydrogens (tertiary/aromatic N) is 1. The largest absolute Gasteiger partial charge is 0.312 e. The molecule has 110 valence electrons. The molecule has 0 bridgehead atoms. The highest BCUT2D eigenvalue weighted by Gasteiger charge is 2.44. The first kappa shape index (κ1) is 13.8. The molecule has 1 saturated heterocycles. The van der Waals surface area contributed by atoms with Crippen molar-refractivity contribution in [2.75, 3.05) is 13.1 Å². The number of hydrogen-bond acceptors (Lipinski definition) is 3. The Labute approximate surface area is 116 Å². The number of rotatable bonds is 6. The Kier molecular flexibility index (Phi) is 3.62. The summed E-state index contributed by atoms with van der Waals surface area (Å²) in [6, 6.07) is 0.773. The Balaban J connectivity index is 1.63. The zero-order chi connectivity index (χ0) is 13.5. The normalized spacial score (nSPS) is 31.3. The predicted molar refractivity (Wildman–Crippen MR) is 75.1 cm³/mol. The zero-order valence-corrected chi connectivity index (χ0v) is 12.5. The summed E-state index contributed by atoms with van der Waals surface area (Å²) in [6.45, 7) is 3.47. The highest BCUT2D eigenvalue weighted by Crippen LogP contribution is 2.36. The molecule has 0 amide bonds. The lowest BCUT2D eigenvalue weighted by Crippen LogP contribution is -2.54. The molecule has 0 aromatic heterocycles. The molecular formula is C13H25N3O2S. The first-order chi connectivity index (χ1) is 8.99. The molecule has 2 N–H and O–H groups in total. The van der Waals surface area contributed by atoms with Gasteiger partial charge in [0.2, 0.25) is 0 Å². The Hall–Kier alpha value is -0.170. The monoisotopic (exact) mass is 287 g/mol. The van der Waals surface area contributed by atoms with Gasteiger partial charge in [-0.2, -0.15) is 17.4 Å². The summed E-state index contributed by atoms with van der Waals surface area (Å²) in [4.78, 5) is 0. The van der Waals surface area contributed by atoms with Gasteiger partial charge < -0.3 is 5.32 Å². The van der Waals surface area contributed by atoms with Gasteiger partial charge in [0.15, 0.2) is 0 Å². The van der Waals surface area contributed by atoms with E-state index in [2.05, 4.69) is 10.0 Å². The second-order valence-electron chi connectivity index (χ2n) is 6.61. The Morgan fingerprint density at radius 2 is 1.95 bits per heavy atom. The van der Waals surface area contributed by atoms with Crippen molar-refractivity contribution in [1.29, 1.82) is 0 Å². The van der Waals surface area contributed by atoms with Gasteiger partial charge in [0.25, 0.3) is 10.2 Å². The second kappa shape index (κ2) is 4.98. The van der Waals surface area contributed by atoms with E-state index in [1.54, 1.807) is 4.31 Å². The van der Waals surface area contributed by atoms with Crippen molar-refractivity contribution < 1.29 is 8.42 Å².